The second-order valence-electron chi connectivity index (χ2n) is 22.8. The molecule has 1 aliphatic rings. The number of unbranched alkanes of at least 4 members (excludes halogenated alkanes) is 8. The highest BCUT2D eigenvalue weighted by atomic mass is 16.7. The third-order valence-corrected chi connectivity index (χ3v) is 14.7. The second-order valence-corrected chi connectivity index (χ2v) is 22.8. The number of hydrogen-bond donors (Lipinski definition) is 0. The molecule has 4 aromatic carbocycles. The van der Waals surface area contributed by atoms with Crippen molar-refractivity contribution in [2.24, 2.45) is 0 Å². The van der Waals surface area contributed by atoms with Crippen molar-refractivity contribution >= 4 is 0 Å². The van der Waals surface area contributed by atoms with E-state index in [1.165, 1.54) is 0 Å². The number of methoxy groups -OCH3 is 4. The Morgan fingerprint density at radius 1 is 0.275 bits per heavy atom. The van der Waals surface area contributed by atoms with E-state index in [0.29, 0.717) is 23.0 Å². The molecule has 0 spiro atoms. The first kappa shape index (κ1) is 65.9. The summed E-state index contributed by atoms with van der Waals surface area (Å²) >= 11 is 0. The second kappa shape index (κ2) is 34.5. The summed E-state index contributed by atoms with van der Waals surface area (Å²) in [5, 5.41) is 0. The molecule has 1 aliphatic carbocycles. The van der Waals surface area contributed by atoms with Gasteiger partial charge in [0, 0.05) is 121 Å². The van der Waals surface area contributed by atoms with Crippen LogP contribution in [0.2, 0.25) is 0 Å². The van der Waals surface area contributed by atoms with E-state index in [1.54, 1.807) is 28.4 Å². The Bertz CT molecular complexity index is 2090. The lowest BCUT2D eigenvalue weighted by Crippen LogP contribution is -2.18. The van der Waals surface area contributed by atoms with Crippen LogP contribution >= 0.6 is 0 Å². The normalized spacial score (nSPS) is 16.1. The Morgan fingerprint density at radius 3 is 0.625 bits per heavy atom. The summed E-state index contributed by atoms with van der Waals surface area (Å²) in [6.45, 7) is 26.0. The fraction of sp³-hybridized carbons (Fsp3) is 0.647. The minimum absolute atomic E-state index is 0.0547. The van der Waals surface area contributed by atoms with E-state index in [2.05, 4.69) is 132 Å². The molecule has 0 radical (unpaired) electrons. The molecule has 4 unspecified atom stereocenters. The van der Waals surface area contributed by atoms with Gasteiger partial charge < -0.3 is 56.8 Å². The Labute approximate surface area is 483 Å². The number of benzene rings is 4. The molecule has 4 aromatic rings. The summed E-state index contributed by atoms with van der Waals surface area (Å²) in [4.78, 5) is 0. The maximum absolute atomic E-state index is 7.03. The van der Waals surface area contributed by atoms with E-state index in [0.717, 1.165) is 170 Å². The maximum Gasteiger partial charge on any atom is 0.188 e. The van der Waals surface area contributed by atoms with Crippen molar-refractivity contribution in [3.05, 3.63) is 93.0 Å². The summed E-state index contributed by atoms with van der Waals surface area (Å²) in [7, 11) is 6.68. The van der Waals surface area contributed by atoms with Gasteiger partial charge in [0.15, 0.2) is 27.2 Å². The zero-order valence-electron chi connectivity index (χ0n) is 52.3. The number of rotatable bonds is 36. The van der Waals surface area contributed by atoms with Gasteiger partial charge >= 0.3 is 0 Å². The van der Waals surface area contributed by atoms with Crippen molar-refractivity contribution in [3.63, 3.8) is 0 Å². The highest BCUT2D eigenvalue weighted by Crippen LogP contribution is 2.54. The van der Waals surface area contributed by atoms with Crippen molar-refractivity contribution in [1.82, 2.24) is 0 Å². The molecular formula is C68H104O12. The third-order valence-electron chi connectivity index (χ3n) is 14.7. The number of hydrogen-bond acceptors (Lipinski definition) is 12. The summed E-state index contributed by atoms with van der Waals surface area (Å²) in [5.41, 5.74) is 8.36. The van der Waals surface area contributed by atoms with Crippen LogP contribution < -0.4 is 37.9 Å². The van der Waals surface area contributed by atoms with Crippen molar-refractivity contribution in [2.75, 3.05) is 55.6 Å². The Balaban J connectivity index is 2.22. The van der Waals surface area contributed by atoms with Crippen molar-refractivity contribution < 1.29 is 56.8 Å². The minimum Gasteiger partial charge on any atom is -0.491 e. The van der Waals surface area contributed by atoms with Crippen molar-refractivity contribution in [3.8, 4) is 46.0 Å². The van der Waals surface area contributed by atoms with E-state index in [-0.39, 0.29) is 75.3 Å². The summed E-state index contributed by atoms with van der Waals surface area (Å²) < 4.78 is 78.2. The molecule has 0 amide bonds. The van der Waals surface area contributed by atoms with Crippen LogP contribution in [0.15, 0.2) is 48.5 Å². The standard InChI is InChI=1S/C68H104O12/c1-17-21-25-29-49-53-33-58(66(78-46(7)8)37-61(53)73-41-69-13)51(31-27-23-19-3)55-35-60(68(80-48(11)12)39-63(55)75-43-71-15)52(32-28-24-20-4)56-36-59(67(79-47(9)10)40-64(56)76-44-72-16)50(30-26-22-18-2)54-34-57(49)65(77-45(5)6)38-62(54)74-42-70-14/h33-40,45-52H,17-32,41-44H2,1-16H3. The number of ether oxygens (including phenoxy) is 12. The predicted molar refractivity (Wildman–Crippen MR) is 323 cm³/mol. The van der Waals surface area contributed by atoms with Crippen LogP contribution in [0, 0.1) is 0 Å². The zero-order chi connectivity index (χ0) is 58.1. The first-order valence-corrected chi connectivity index (χ1v) is 30.5. The van der Waals surface area contributed by atoms with E-state index < -0.39 is 0 Å². The average molecular weight is 1110 g/mol. The lowest BCUT2D eigenvalue weighted by atomic mass is 9.76. The Kier molecular flexibility index (Phi) is 28.5. The molecule has 80 heavy (non-hydrogen) atoms. The monoisotopic (exact) mass is 1110 g/mol. The molecule has 0 aromatic heterocycles. The molecule has 0 aliphatic heterocycles. The third kappa shape index (κ3) is 18.6. The quantitative estimate of drug-likeness (QED) is 0.0319. The van der Waals surface area contributed by atoms with E-state index in [4.69, 9.17) is 56.8 Å². The van der Waals surface area contributed by atoms with Crippen LogP contribution in [0.25, 0.3) is 0 Å². The van der Waals surface area contributed by atoms with E-state index in [9.17, 15) is 0 Å². The van der Waals surface area contributed by atoms with Gasteiger partial charge in [0.05, 0.1) is 24.4 Å². The minimum atomic E-state index is -0.207. The highest BCUT2D eigenvalue weighted by molar-refractivity contribution is 5.63. The van der Waals surface area contributed by atoms with Gasteiger partial charge in [-0.2, -0.15) is 0 Å². The smallest absolute Gasteiger partial charge is 0.188 e. The van der Waals surface area contributed by atoms with Crippen LogP contribution in [0.1, 0.15) is 254 Å². The van der Waals surface area contributed by atoms with Gasteiger partial charge in [-0.25, -0.2) is 0 Å². The molecule has 0 heterocycles. The highest BCUT2D eigenvalue weighted by Gasteiger charge is 2.36. The summed E-state index contributed by atoms with van der Waals surface area (Å²) in [6.07, 6.45) is 15.0. The molecule has 0 fully saturated rings. The van der Waals surface area contributed by atoms with E-state index >= 15 is 0 Å². The van der Waals surface area contributed by atoms with Gasteiger partial charge in [-0.05, 0) is 105 Å². The van der Waals surface area contributed by atoms with Gasteiger partial charge in [-0.15, -0.1) is 0 Å². The molecule has 0 saturated heterocycles. The van der Waals surface area contributed by atoms with Gasteiger partial charge in [-0.1, -0.05) is 105 Å². The summed E-state index contributed by atoms with van der Waals surface area (Å²) in [6, 6.07) is 18.1. The molecule has 0 saturated carbocycles. The van der Waals surface area contributed by atoms with Crippen LogP contribution in [0.5, 0.6) is 46.0 Å². The Hall–Kier alpha value is -4.88. The molecule has 8 bridgehead atoms. The molecule has 5 rings (SSSR count). The van der Waals surface area contributed by atoms with E-state index in [1.807, 2.05) is 0 Å². The predicted octanol–water partition coefficient (Wildman–Crippen LogP) is 17.9. The lowest BCUT2D eigenvalue weighted by Gasteiger charge is -2.33. The fourth-order valence-electron chi connectivity index (χ4n) is 11.3. The first-order valence-electron chi connectivity index (χ1n) is 30.5. The van der Waals surface area contributed by atoms with Crippen molar-refractivity contribution in [1.29, 1.82) is 0 Å². The largest absolute Gasteiger partial charge is 0.491 e. The van der Waals surface area contributed by atoms with Gasteiger partial charge in [0.1, 0.15) is 46.0 Å². The van der Waals surface area contributed by atoms with Gasteiger partial charge in [0.25, 0.3) is 0 Å². The van der Waals surface area contributed by atoms with Crippen LogP contribution in [-0.2, 0) is 18.9 Å². The van der Waals surface area contributed by atoms with Gasteiger partial charge in [0.2, 0.25) is 0 Å². The average Bonchev–Trinajstić information content (AvgIpc) is 3.42. The molecule has 448 valence electrons. The van der Waals surface area contributed by atoms with Crippen molar-refractivity contribution in [2.45, 2.75) is 234 Å². The zero-order valence-corrected chi connectivity index (χ0v) is 52.3. The topological polar surface area (TPSA) is 111 Å². The first-order chi connectivity index (χ1) is 38.7. The molecular weight excluding hydrogens is 1010 g/mol. The molecule has 0 N–H and O–H groups in total. The maximum atomic E-state index is 7.03. The van der Waals surface area contributed by atoms with Gasteiger partial charge in [-0.3, -0.25) is 0 Å². The van der Waals surface area contributed by atoms with Crippen LogP contribution in [0.4, 0.5) is 0 Å². The lowest BCUT2D eigenvalue weighted by molar-refractivity contribution is 0.0497. The molecule has 4 atom stereocenters. The summed E-state index contributed by atoms with van der Waals surface area (Å²) in [5.74, 6) is 5.00. The number of fused-ring (bicyclic) bond motifs is 8. The molecule has 12 heteroatoms. The fourth-order valence-corrected chi connectivity index (χ4v) is 11.3. The van der Waals surface area contributed by atoms with Crippen LogP contribution in [0.3, 0.4) is 0 Å². The van der Waals surface area contributed by atoms with Crippen LogP contribution in [-0.4, -0.2) is 80.0 Å². The SMILES string of the molecule is CCCCCC1c2cc(c(OC(C)C)cc2OCOC)C(CCCCC)c2cc(c(OC(C)C)cc2OCOC)C(CCCCC)c2cc(c(OC(C)C)cc2OCOC)C(CCCCC)c2cc1c(OC(C)C)cc2OCOC. The molecule has 12 nitrogen and oxygen atoms in total. The Morgan fingerprint density at radius 2 is 0.463 bits per heavy atom.